The second-order valence-electron chi connectivity index (χ2n) is 4.40. The predicted molar refractivity (Wildman–Crippen MR) is 74.2 cm³/mol. The van der Waals surface area contributed by atoms with Gasteiger partial charge in [0, 0.05) is 18.2 Å². The quantitative estimate of drug-likeness (QED) is 0.777. The summed E-state index contributed by atoms with van der Waals surface area (Å²) < 4.78 is 15.8. The van der Waals surface area contributed by atoms with Crippen LogP contribution in [0.25, 0.3) is 11.0 Å². The van der Waals surface area contributed by atoms with E-state index in [0.29, 0.717) is 17.1 Å². The molecular weight excluding hydrogens is 244 g/mol. The van der Waals surface area contributed by atoms with Crippen LogP contribution in [-0.2, 0) is 6.42 Å². The third-order valence-electron chi connectivity index (χ3n) is 3.12. The molecule has 1 aromatic carbocycles. The summed E-state index contributed by atoms with van der Waals surface area (Å²) in [5, 5.41) is 0.858. The van der Waals surface area contributed by atoms with Crippen LogP contribution in [0.3, 0.4) is 0 Å². The minimum atomic E-state index is -0.339. The molecule has 0 aliphatic rings. The highest BCUT2D eigenvalue weighted by Gasteiger charge is 2.13. The molecule has 0 N–H and O–H groups in total. The fourth-order valence-electron chi connectivity index (χ4n) is 2.16. The molecule has 0 saturated heterocycles. The van der Waals surface area contributed by atoms with E-state index in [2.05, 4.69) is 6.92 Å². The number of methoxy groups -OCH3 is 2. The van der Waals surface area contributed by atoms with Crippen LogP contribution in [0.4, 0.5) is 0 Å². The average molecular weight is 262 g/mol. The minimum absolute atomic E-state index is 0.339. The van der Waals surface area contributed by atoms with Crippen molar-refractivity contribution in [2.75, 3.05) is 14.2 Å². The molecule has 2 rings (SSSR count). The van der Waals surface area contributed by atoms with Gasteiger partial charge in [-0.2, -0.15) is 0 Å². The SMILES string of the molecule is CCCCc1cc(=O)oc2cc(OC)cc(OC)c12. The first kappa shape index (κ1) is 13.5. The van der Waals surface area contributed by atoms with Crippen LogP contribution in [0.5, 0.6) is 11.5 Å². The summed E-state index contributed by atoms with van der Waals surface area (Å²) in [6.07, 6.45) is 2.93. The van der Waals surface area contributed by atoms with Crippen molar-refractivity contribution in [1.29, 1.82) is 0 Å². The van der Waals surface area contributed by atoms with Crippen LogP contribution >= 0.6 is 0 Å². The van der Waals surface area contributed by atoms with Gasteiger partial charge < -0.3 is 13.9 Å². The third kappa shape index (κ3) is 2.72. The van der Waals surface area contributed by atoms with Crippen molar-refractivity contribution < 1.29 is 13.9 Å². The molecule has 4 nitrogen and oxygen atoms in total. The lowest BCUT2D eigenvalue weighted by Crippen LogP contribution is -2.02. The summed E-state index contributed by atoms with van der Waals surface area (Å²) in [5.41, 5.74) is 1.14. The molecule has 0 aliphatic heterocycles. The maximum absolute atomic E-state index is 11.6. The second-order valence-corrected chi connectivity index (χ2v) is 4.40. The van der Waals surface area contributed by atoms with Gasteiger partial charge in [0.1, 0.15) is 17.1 Å². The number of benzene rings is 1. The number of ether oxygens (including phenoxy) is 2. The van der Waals surface area contributed by atoms with Crippen molar-refractivity contribution in [2.24, 2.45) is 0 Å². The smallest absolute Gasteiger partial charge is 0.336 e. The number of unbranched alkanes of at least 4 members (excludes halogenated alkanes) is 1. The molecule has 0 aliphatic carbocycles. The second kappa shape index (κ2) is 5.78. The summed E-state index contributed by atoms with van der Waals surface area (Å²) in [6.45, 7) is 2.12. The van der Waals surface area contributed by atoms with Gasteiger partial charge in [-0.15, -0.1) is 0 Å². The first-order valence-electron chi connectivity index (χ1n) is 6.38. The van der Waals surface area contributed by atoms with E-state index in [0.717, 1.165) is 30.2 Å². The normalized spacial score (nSPS) is 10.7. The lowest BCUT2D eigenvalue weighted by Gasteiger charge is -2.11. The zero-order chi connectivity index (χ0) is 13.8. The Morgan fingerprint density at radius 3 is 2.58 bits per heavy atom. The Morgan fingerprint density at radius 2 is 1.95 bits per heavy atom. The molecule has 1 aromatic heterocycles. The van der Waals surface area contributed by atoms with Crippen molar-refractivity contribution >= 4 is 11.0 Å². The van der Waals surface area contributed by atoms with E-state index in [-0.39, 0.29) is 5.63 Å². The van der Waals surface area contributed by atoms with Crippen LogP contribution in [0.1, 0.15) is 25.3 Å². The van der Waals surface area contributed by atoms with Crippen LogP contribution in [0, 0.1) is 0 Å². The average Bonchev–Trinajstić information content (AvgIpc) is 2.42. The van der Waals surface area contributed by atoms with Crippen LogP contribution in [-0.4, -0.2) is 14.2 Å². The number of fused-ring (bicyclic) bond motifs is 1. The summed E-state index contributed by atoms with van der Waals surface area (Å²) in [7, 11) is 3.17. The van der Waals surface area contributed by atoms with Gasteiger partial charge in [-0.3, -0.25) is 0 Å². The zero-order valence-corrected chi connectivity index (χ0v) is 11.5. The highest BCUT2D eigenvalue weighted by Crippen LogP contribution is 2.33. The third-order valence-corrected chi connectivity index (χ3v) is 3.12. The zero-order valence-electron chi connectivity index (χ0n) is 11.5. The highest BCUT2D eigenvalue weighted by atomic mass is 16.5. The number of hydrogen-bond acceptors (Lipinski definition) is 4. The van der Waals surface area contributed by atoms with E-state index >= 15 is 0 Å². The van der Waals surface area contributed by atoms with Gasteiger partial charge in [-0.1, -0.05) is 13.3 Å². The molecule has 0 atom stereocenters. The lowest BCUT2D eigenvalue weighted by molar-refractivity contribution is 0.395. The molecule has 1 heterocycles. The first-order chi connectivity index (χ1) is 9.19. The molecule has 0 unspecified atom stereocenters. The van der Waals surface area contributed by atoms with Crippen molar-refractivity contribution in [1.82, 2.24) is 0 Å². The van der Waals surface area contributed by atoms with Crippen molar-refractivity contribution in [2.45, 2.75) is 26.2 Å². The molecule has 102 valence electrons. The van der Waals surface area contributed by atoms with E-state index in [1.54, 1.807) is 32.4 Å². The largest absolute Gasteiger partial charge is 0.496 e. The number of aryl methyl sites for hydroxylation is 1. The standard InChI is InChI=1S/C15H18O4/c1-4-5-6-10-7-14(16)19-13-9-11(17-2)8-12(18-3)15(10)13/h7-9H,4-6H2,1-3H3. The molecule has 0 spiro atoms. The Labute approximate surface area is 111 Å². The van der Waals surface area contributed by atoms with Gasteiger partial charge in [0.15, 0.2) is 0 Å². The summed E-state index contributed by atoms with van der Waals surface area (Å²) in [6, 6.07) is 5.07. The molecule has 0 radical (unpaired) electrons. The molecule has 19 heavy (non-hydrogen) atoms. The fraction of sp³-hybridized carbons (Fsp3) is 0.400. The molecule has 0 bridgehead atoms. The van der Waals surface area contributed by atoms with Crippen LogP contribution in [0.15, 0.2) is 27.4 Å². The Kier molecular flexibility index (Phi) is 4.10. The van der Waals surface area contributed by atoms with Crippen molar-refractivity contribution in [3.8, 4) is 11.5 Å². The molecule has 0 saturated carbocycles. The maximum atomic E-state index is 11.6. The Bertz CT molecular complexity index is 628. The van der Waals surface area contributed by atoms with Crippen LogP contribution in [0.2, 0.25) is 0 Å². The Hall–Kier alpha value is -1.97. The van der Waals surface area contributed by atoms with Crippen LogP contribution < -0.4 is 15.1 Å². The van der Waals surface area contributed by atoms with Gasteiger partial charge in [0.2, 0.25) is 0 Å². The summed E-state index contributed by atoms with van der Waals surface area (Å²) >= 11 is 0. The summed E-state index contributed by atoms with van der Waals surface area (Å²) in [5.74, 6) is 1.28. The maximum Gasteiger partial charge on any atom is 0.336 e. The minimum Gasteiger partial charge on any atom is -0.496 e. The predicted octanol–water partition coefficient (Wildman–Crippen LogP) is 3.15. The highest BCUT2D eigenvalue weighted by molar-refractivity contribution is 5.88. The molecule has 0 fully saturated rings. The van der Waals surface area contributed by atoms with Gasteiger partial charge in [0.05, 0.1) is 19.6 Å². The lowest BCUT2D eigenvalue weighted by atomic mass is 10.0. The van der Waals surface area contributed by atoms with Crippen molar-refractivity contribution in [3.05, 3.63) is 34.2 Å². The van der Waals surface area contributed by atoms with E-state index in [9.17, 15) is 4.79 Å². The van der Waals surface area contributed by atoms with E-state index in [4.69, 9.17) is 13.9 Å². The van der Waals surface area contributed by atoms with Gasteiger partial charge >= 0.3 is 5.63 Å². The first-order valence-corrected chi connectivity index (χ1v) is 6.38. The summed E-state index contributed by atoms with van der Waals surface area (Å²) in [4.78, 5) is 11.6. The van der Waals surface area contributed by atoms with Gasteiger partial charge in [-0.05, 0) is 18.4 Å². The van der Waals surface area contributed by atoms with Gasteiger partial charge in [0.25, 0.3) is 0 Å². The van der Waals surface area contributed by atoms with E-state index in [1.807, 2.05) is 0 Å². The number of rotatable bonds is 5. The van der Waals surface area contributed by atoms with E-state index in [1.165, 1.54) is 0 Å². The molecule has 0 amide bonds. The van der Waals surface area contributed by atoms with E-state index < -0.39 is 0 Å². The van der Waals surface area contributed by atoms with Crippen molar-refractivity contribution in [3.63, 3.8) is 0 Å². The number of hydrogen-bond donors (Lipinski definition) is 0. The van der Waals surface area contributed by atoms with Gasteiger partial charge in [-0.25, -0.2) is 4.79 Å². The monoisotopic (exact) mass is 262 g/mol. The molecular formula is C15H18O4. The topological polar surface area (TPSA) is 48.7 Å². The Balaban J connectivity index is 2.70. The fourth-order valence-corrected chi connectivity index (χ4v) is 2.16. The molecule has 2 aromatic rings. The molecule has 4 heteroatoms. The Morgan fingerprint density at radius 1 is 1.16 bits per heavy atom.